The van der Waals surface area contributed by atoms with Gasteiger partial charge in [0.1, 0.15) is 6.04 Å². The van der Waals surface area contributed by atoms with Crippen molar-refractivity contribution in [3.63, 3.8) is 0 Å². The standard InChI is InChI=1S/C26H20FNO/c27-26(23-16-15-20-11-7-8-14-22(20)17-23)24(21-12-5-2-6-13-21)28(25(26)29)18-19-9-3-1-4-10-19/h1-17,24H,18H2/t24-,26+/m0/s1. The summed E-state index contributed by atoms with van der Waals surface area (Å²) >= 11 is 0. The fourth-order valence-electron chi connectivity index (χ4n) is 4.28. The monoisotopic (exact) mass is 381 g/mol. The Kier molecular flexibility index (Phi) is 4.17. The zero-order chi connectivity index (χ0) is 19.8. The van der Waals surface area contributed by atoms with E-state index in [1.807, 2.05) is 97.1 Å². The number of nitrogens with zero attached hydrogens (tertiary/aromatic N) is 1. The summed E-state index contributed by atoms with van der Waals surface area (Å²) in [7, 11) is 0. The Morgan fingerprint density at radius 2 is 1.38 bits per heavy atom. The fourth-order valence-corrected chi connectivity index (χ4v) is 4.28. The van der Waals surface area contributed by atoms with Gasteiger partial charge >= 0.3 is 0 Å². The molecule has 0 unspecified atom stereocenters. The number of benzene rings is 4. The molecule has 0 aromatic heterocycles. The molecule has 29 heavy (non-hydrogen) atoms. The maximum atomic E-state index is 16.5. The topological polar surface area (TPSA) is 20.3 Å². The van der Waals surface area contributed by atoms with E-state index in [2.05, 4.69) is 0 Å². The smallest absolute Gasteiger partial charge is 0.268 e. The molecule has 1 heterocycles. The number of fused-ring (bicyclic) bond motifs is 1. The second kappa shape index (κ2) is 6.85. The van der Waals surface area contributed by atoms with Gasteiger partial charge in [0, 0.05) is 12.1 Å². The highest BCUT2D eigenvalue weighted by molar-refractivity contribution is 5.96. The highest BCUT2D eigenvalue weighted by Gasteiger charge is 2.63. The van der Waals surface area contributed by atoms with Gasteiger partial charge in [0.2, 0.25) is 5.67 Å². The highest BCUT2D eigenvalue weighted by atomic mass is 19.1. The molecule has 1 aliphatic rings. The third-order valence-corrected chi connectivity index (χ3v) is 5.74. The summed E-state index contributed by atoms with van der Waals surface area (Å²) in [4.78, 5) is 14.8. The number of amides is 1. The van der Waals surface area contributed by atoms with Crippen molar-refractivity contribution in [2.24, 2.45) is 0 Å². The molecular formula is C26H20FNO. The quantitative estimate of drug-likeness (QED) is 0.410. The second-order valence-electron chi connectivity index (χ2n) is 7.51. The molecule has 0 bridgehead atoms. The van der Waals surface area contributed by atoms with Crippen molar-refractivity contribution in [3.05, 3.63) is 120 Å². The van der Waals surface area contributed by atoms with Gasteiger partial charge in [-0.15, -0.1) is 0 Å². The van der Waals surface area contributed by atoms with Crippen LogP contribution in [0.25, 0.3) is 10.8 Å². The molecule has 1 saturated heterocycles. The predicted molar refractivity (Wildman–Crippen MR) is 113 cm³/mol. The normalized spacial score (nSPS) is 21.2. The van der Waals surface area contributed by atoms with E-state index in [-0.39, 0.29) is 0 Å². The molecular weight excluding hydrogens is 361 g/mol. The van der Waals surface area contributed by atoms with Crippen molar-refractivity contribution in [1.29, 1.82) is 0 Å². The first-order valence-corrected chi connectivity index (χ1v) is 9.76. The molecule has 0 saturated carbocycles. The summed E-state index contributed by atoms with van der Waals surface area (Å²) in [5.74, 6) is -0.481. The Balaban J connectivity index is 1.59. The van der Waals surface area contributed by atoms with Gasteiger partial charge in [-0.25, -0.2) is 4.39 Å². The largest absolute Gasteiger partial charge is 0.324 e. The van der Waals surface area contributed by atoms with Crippen LogP contribution in [0.5, 0.6) is 0 Å². The number of likely N-dealkylation sites (tertiary alicyclic amines) is 1. The van der Waals surface area contributed by atoms with E-state index >= 15 is 4.39 Å². The first kappa shape index (κ1) is 17.6. The Morgan fingerprint density at radius 1 is 0.759 bits per heavy atom. The van der Waals surface area contributed by atoms with Crippen molar-refractivity contribution >= 4 is 16.7 Å². The lowest BCUT2D eigenvalue weighted by atomic mass is 9.74. The van der Waals surface area contributed by atoms with Crippen LogP contribution in [0, 0.1) is 0 Å². The van der Waals surface area contributed by atoms with Gasteiger partial charge in [0.25, 0.3) is 5.91 Å². The number of β-lactam (4-membered cyclic amide) rings is 1. The molecule has 0 spiro atoms. The minimum absolute atomic E-state index is 0.387. The lowest BCUT2D eigenvalue weighted by Gasteiger charge is -2.51. The van der Waals surface area contributed by atoms with E-state index in [4.69, 9.17) is 0 Å². The van der Waals surface area contributed by atoms with E-state index in [0.29, 0.717) is 12.1 Å². The average molecular weight is 381 g/mol. The molecule has 1 amide bonds. The van der Waals surface area contributed by atoms with Crippen LogP contribution in [0.4, 0.5) is 4.39 Å². The molecule has 0 N–H and O–H groups in total. The van der Waals surface area contributed by atoms with Crippen LogP contribution in [0.1, 0.15) is 22.7 Å². The van der Waals surface area contributed by atoms with Crippen LogP contribution in [0.15, 0.2) is 103 Å². The van der Waals surface area contributed by atoms with Gasteiger partial charge < -0.3 is 4.90 Å². The molecule has 5 rings (SSSR count). The lowest BCUT2D eigenvalue weighted by molar-refractivity contribution is -0.181. The Bertz CT molecular complexity index is 1170. The van der Waals surface area contributed by atoms with E-state index in [1.54, 1.807) is 11.0 Å². The van der Waals surface area contributed by atoms with E-state index < -0.39 is 17.6 Å². The van der Waals surface area contributed by atoms with Crippen LogP contribution in [-0.4, -0.2) is 10.8 Å². The summed E-state index contributed by atoms with van der Waals surface area (Å²) < 4.78 is 16.5. The van der Waals surface area contributed by atoms with Crippen LogP contribution in [-0.2, 0) is 17.0 Å². The molecule has 4 aromatic rings. The van der Waals surface area contributed by atoms with Gasteiger partial charge in [-0.2, -0.15) is 0 Å². The van der Waals surface area contributed by atoms with Crippen LogP contribution < -0.4 is 0 Å². The summed E-state index contributed by atoms with van der Waals surface area (Å²) in [6.07, 6.45) is 0. The van der Waals surface area contributed by atoms with Gasteiger partial charge in [-0.05, 0) is 28.0 Å². The molecule has 3 heteroatoms. The number of carbonyl (C=O) groups is 1. The number of hydrogen-bond acceptors (Lipinski definition) is 1. The van der Waals surface area contributed by atoms with Crippen molar-refractivity contribution in [2.45, 2.75) is 18.3 Å². The molecule has 1 fully saturated rings. The SMILES string of the molecule is O=C1N(Cc2ccccc2)[C@@H](c2ccccc2)[C@]1(F)c1ccc2ccccc2c1. The number of halogens is 1. The average Bonchev–Trinajstić information content (AvgIpc) is 2.79. The van der Waals surface area contributed by atoms with Crippen LogP contribution in [0.2, 0.25) is 0 Å². The molecule has 1 aliphatic heterocycles. The Labute approximate surface area is 169 Å². The third-order valence-electron chi connectivity index (χ3n) is 5.74. The molecule has 142 valence electrons. The maximum Gasteiger partial charge on any atom is 0.268 e. The summed E-state index contributed by atoms with van der Waals surface area (Å²) in [5, 5.41) is 1.96. The second-order valence-corrected chi connectivity index (χ2v) is 7.51. The number of hydrogen-bond donors (Lipinski definition) is 0. The minimum atomic E-state index is -2.07. The molecule has 0 radical (unpaired) electrons. The van der Waals surface area contributed by atoms with Crippen molar-refractivity contribution in [3.8, 4) is 0 Å². The molecule has 4 aromatic carbocycles. The number of rotatable bonds is 4. The van der Waals surface area contributed by atoms with Crippen molar-refractivity contribution in [2.75, 3.05) is 0 Å². The molecule has 2 nitrogen and oxygen atoms in total. The van der Waals surface area contributed by atoms with E-state index in [1.165, 1.54) is 0 Å². The molecule has 2 atom stereocenters. The van der Waals surface area contributed by atoms with Crippen molar-refractivity contribution < 1.29 is 9.18 Å². The highest BCUT2D eigenvalue weighted by Crippen LogP contribution is 2.53. The zero-order valence-electron chi connectivity index (χ0n) is 15.8. The number of alkyl halides is 1. The summed E-state index contributed by atoms with van der Waals surface area (Å²) in [5.41, 5.74) is 0.139. The third kappa shape index (κ3) is 2.82. The van der Waals surface area contributed by atoms with E-state index in [9.17, 15) is 4.79 Å². The lowest BCUT2D eigenvalue weighted by Crippen LogP contribution is -2.63. The van der Waals surface area contributed by atoms with Crippen LogP contribution in [0.3, 0.4) is 0 Å². The van der Waals surface area contributed by atoms with Crippen molar-refractivity contribution in [1.82, 2.24) is 4.90 Å². The van der Waals surface area contributed by atoms with Gasteiger partial charge in [0.05, 0.1) is 0 Å². The van der Waals surface area contributed by atoms with E-state index in [0.717, 1.165) is 21.9 Å². The zero-order valence-corrected chi connectivity index (χ0v) is 15.8. The molecule has 0 aliphatic carbocycles. The predicted octanol–water partition coefficient (Wildman–Crippen LogP) is 5.79. The van der Waals surface area contributed by atoms with Crippen LogP contribution >= 0.6 is 0 Å². The van der Waals surface area contributed by atoms with Gasteiger partial charge in [-0.3, -0.25) is 4.79 Å². The fraction of sp³-hybridized carbons (Fsp3) is 0.115. The minimum Gasteiger partial charge on any atom is -0.324 e. The maximum absolute atomic E-state index is 16.5. The number of carbonyl (C=O) groups excluding carboxylic acids is 1. The summed E-state index contributed by atoms with van der Waals surface area (Å²) in [6, 6.07) is 31.8. The Hall–Kier alpha value is -3.46. The summed E-state index contributed by atoms with van der Waals surface area (Å²) in [6.45, 7) is 0.387. The Morgan fingerprint density at radius 3 is 2.10 bits per heavy atom. The van der Waals surface area contributed by atoms with Gasteiger partial charge in [0.15, 0.2) is 0 Å². The first-order chi connectivity index (χ1) is 14.2. The van der Waals surface area contributed by atoms with Gasteiger partial charge in [-0.1, -0.05) is 97.1 Å². The first-order valence-electron chi connectivity index (χ1n) is 9.76.